The molecule has 0 spiro atoms. The van der Waals surface area contributed by atoms with E-state index in [9.17, 15) is 0 Å². The molecule has 0 bridgehead atoms. The molecule has 0 saturated carbocycles. The molecule has 6 heteroatoms. The van der Waals surface area contributed by atoms with Crippen molar-refractivity contribution in [3.05, 3.63) is 32.9 Å². The number of hydrogen-bond acceptors (Lipinski definition) is 3. The molecule has 0 radical (unpaired) electrons. The van der Waals surface area contributed by atoms with Crippen molar-refractivity contribution in [1.29, 1.82) is 0 Å². The van der Waals surface area contributed by atoms with Crippen molar-refractivity contribution in [2.45, 2.75) is 20.8 Å². The first kappa shape index (κ1) is 12.3. The average Bonchev–Trinajstić information content (AvgIpc) is 2.51. The summed E-state index contributed by atoms with van der Waals surface area (Å²) in [6.45, 7) is 5.72. The minimum absolute atomic E-state index is 0.625. The lowest BCUT2D eigenvalue weighted by Crippen LogP contribution is -2.04. The normalized spacial score (nSPS) is 10.9. The van der Waals surface area contributed by atoms with E-state index in [2.05, 4.69) is 10.1 Å². The zero-order valence-corrected chi connectivity index (χ0v) is 11.7. The van der Waals surface area contributed by atoms with Gasteiger partial charge in [-0.3, -0.25) is 0 Å². The molecule has 0 aliphatic heterocycles. The second kappa shape index (κ2) is 4.23. The Hall–Kier alpha value is -1.20. The first-order valence-electron chi connectivity index (χ1n) is 5.18. The Balaban J connectivity index is 2.73. The number of aryl methyl sites for hydroxylation is 3. The van der Waals surface area contributed by atoms with Gasteiger partial charge in [0, 0.05) is 7.05 Å². The van der Waals surface area contributed by atoms with Crippen molar-refractivity contribution >= 4 is 23.8 Å². The molecule has 0 aromatic carbocycles. The number of aromatic nitrogens is 4. The van der Waals surface area contributed by atoms with Crippen molar-refractivity contribution in [2.75, 3.05) is 0 Å². The highest BCUT2D eigenvalue weighted by atomic mass is 35.5. The van der Waals surface area contributed by atoms with E-state index in [4.69, 9.17) is 23.8 Å². The third-order valence-electron chi connectivity index (χ3n) is 2.71. The fourth-order valence-corrected chi connectivity index (χ4v) is 2.01. The Morgan fingerprint density at radius 3 is 2.47 bits per heavy atom. The fraction of sp³-hybridized carbons (Fsp3) is 0.364. The number of pyridine rings is 1. The van der Waals surface area contributed by atoms with E-state index in [-0.39, 0.29) is 0 Å². The molecule has 0 fully saturated rings. The van der Waals surface area contributed by atoms with E-state index < -0.39 is 0 Å². The Bertz CT molecular complexity index is 642. The van der Waals surface area contributed by atoms with Crippen LogP contribution in [0, 0.1) is 25.5 Å². The molecule has 2 aromatic rings. The molecular formula is C11H13ClN4S. The number of hydrogen-bond donors (Lipinski definition) is 0. The van der Waals surface area contributed by atoms with Crippen LogP contribution in [-0.2, 0) is 7.05 Å². The highest BCUT2D eigenvalue weighted by Crippen LogP contribution is 2.19. The summed E-state index contributed by atoms with van der Waals surface area (Å²) in [6.07, 6.45) is 0. The fourth-order valence-electron chi connectivity index (χ4n) is 1.55. The molecule has 4 nitrogen and oxygen atoms in total. The van der Waals surface area contributed by atoms with Crippen molar-refractivity contribution in [3.8, 4) is 5.82 Å². The summed E-state index contributed by atoms with van der Waals surface area (Å²) in [5.74, 6) is 1.59. The van der Waals surface area contributed by atoms with Gasteiger partial charge in [0.15, 0.2) is 5.82 Å². The monoisotopic (exact) mass is 268 g/mol. The predicted octanol–water partition coefficient (Wildman–Crippen LogP) is 2.91. The van der Waals surface area contributed by atoms with E-state index in [1.807, 2.05) is 38.5 Å². The van der Waals surface area contributed by atoms with Gasteiger partial charge in [0.25, 0.3) is 0 Å². The Morgan fingerprint density at radius 2 is 1.94 bits per heavy atom. The smallest absolute Gasteiger partial charge is 0.203 e. The van der Waals surface area contributed by atoms with Crippen molar-refractivity contribution in [3.63, 3.8) is 0 Å². The Kier molecular flexibility index (Phi) is 3.05. The molecule has 90 valence electrons. The maximum Gasteiger partial charge on any atom is 0.203 e. The SMILES string of the molecule is Cc1cc(Cl)c(C)nc1-n1nc(C)n(C)c1=S. The molecular weight excluding hydrogens is 256 g/mol. The van der Waals surface area contributed by atoms with Gasteiger partial charge in [-0.1, -0.05) is 11.6 Å². The van der Waals surface area contributed by atoms with Crippen LogP contribution in [-0.4, -0.2) is 19.3 Å². The summed E-state index contributed by atoms with van der Waals surface area (Å²) in [5, 5.41) is 5.04. The van der Waals surface area contributed by atoms with Crippen molar-refractivity contribution < 1.29 is 0 Å². The lowest BCUT2D eigenvalue weighted by molar-refractivity contribution is 0.801. The van der Waals surface area contributed by atoms with Crippen molar-refractivity contribution in [2.24, 2.45) is 7.05 Å². The van der Waals surface area contributed by atoms with Gasteiger partial charge in [0.1, 0.15) is 5.82 Å². The largest absolute Gasteiger partial charge is 0.307 e. The van der Waals surface area contributed by atoms with Crippen molar-refractivity contribution in [1.82, 2.24) is 19.3 Å². The second-order valence-electron chi connectivity index (χ2n) is 4.00. The summed E-state index contributed by atoms with van der Waals surface area (Å²) >= 11 is 11.3. The standard InChI is InChI=1S/C11H13ClN4S/c1-6-5-9(12)7(2)13-10(6)16-11(17)15(4)8(3)14-16/h5H,1-4H3. The molecule has 0 aliphatic carbocycles. The quantitative estimate of drug-likeness (QED) is 0.746. The van der Waals surface area contributed by atoms with E-state index in [1.54, 1.807) is 4.68 Å². The zero-order valence-electron chi connectivity index (χ0n) is 10.2. The van der Waals surface area contributed by atoms with Crippen LogP contribution in [0.2, 0.25) is 5.02 Å². The molecule has 17 heavy (non-hydrogen) atoms. The summed E-state index contributed by atoms with van der Waals surface area (Å²) in [6, 6.07) is 1.88. The molecule has 0 saturated heterocycles. The zero-order chi connectivity index (χ0) is 12.7. The maximum atomic E-state index is 6.03. The number of rotatable bonds is 1. The Labute approximate surface area is 110 Å². The first-order chi connectivity index (χ1) is 7.91. The van der Waals surface area contributed by atoms with Gasteiger partial charge in [0.2, 0.25) is 4.77 Å². The van der Waals surface area contributed by atoms with Crippen LogP contribution in [0.5, 0.6) is 0 Å². The highest BCUT2D eigenvalue weighted by Gasteiger charge is 2.11. The van der Waals surface area contributed by atoms with Gasteiger partial charge in [-0.15, -0.1) is 0 Å². The minimum Gasteiger partial charge on any atom is -0.307 e. The van der Waals surface area contributed by atoms with E-state index in [0.29, 0.717) is 9.79 Å². The molecule has 0 unspecified atom stereocenters. The molecule has 0 N–H and O–H groups in total. The molecule has 2 aromatic heterocycles. The third-order valence-corrected chi connectivity index (χ3v) is 3.54. The molecule has 0 aliphatic rings. The highest BCUT2D eigenvalue weighted by molar-refractivity contribution is 7.71. The van der Waals surface area contributed by atoms with Crippen LogP contribution in [0.1, 0.15) is 17.1 Å². The van der Waals surface area contributed by atoms with Gasteiger partial charge in [-0.25, -0.2) is 4.98 Å². The minimum atomic E-state index is 0.625. The van der Waals surface area contributed by atoms with Gasteiger partial charge >= 0.3 is 0 Å². The average molecular weight is 269 g/mol. The van der Waals surface area contributed by atoms with Crippen LogP contribution in [0.25, 0.3) is 5.82 Å². The van der Waals surface area contributed by atoms with Gasteiger partial charge in [0.05, 0.1) is 10.7 Å². The Morgan fingerprint density at radius 1 is 1.29 bits per heavy atom. The topological polar surface area (TPSA) is 35.6 Å². The molecule has 2 heterocycles. The predicted molar refractivity (Wildman–Crippen MR) is 70.4 cm³/mol. The molecule has 2 rings (SSSR count). The van der Waals surface area contributed by atoms with E-state index in [0.717, 1.165) is 22.9 Å². The van der Waals surface area contributed by atoms with Gasteiger partial charge in [-0.2, -0.15) is 9.78 Å². The van der Waals surface area contributed by atoms with Crippen LogP contribution in [0.4, 0.5) is 0 Å². The summed E-state index contributed by atoms with van der Waals surface area (Å²) in [4.78, 5) is 4.45. The van der Waals surface area contributed by atoms with E-state index >= 15 is 0 Å². The summed E-state index contributed by atoms with van der Waals surface area (Å²) < 4.78 is 4.14. The maximum absolute atomic E-state index is 6.03. The van der Waals surface area contributed by atoms with Crippen LogP contribution >= 0.6 is 23.8 Å². The van der Waals surface area contributed by atoms with Crippen LogP contribution in [0.3, 0.4) is 0 Å². The number of halogens is 1. The summed E-state index contributed by atoms with van der Waals surface area (Å²) in [5.41, 5.74) is 1.73. The third kappa shape index (κ3) is 2.00. The molecule has 0 amide bonds. The van der Waals surface area contributed by atoms with Crippen LogP contribution in [0.15, 0.2) is 6.07 Å². The van der Waals surface area contributed by atoms with Gasteiger partial charge in [-0.05, 0) is 44.6 Å². The lowest BCUT2D eigenvalue weighted by Gasteiger charge is -2.06. The lowest BCUT2D eigenvalue weighted by atomic mass is 10.2. The van der Waals surface area contributed by atoms with Gasteiger partial charge < -0.3 is 4.57 Å². The summed E-state index contributed by atoms with van der Waals surface area (Å²) in [7, 11) is 1.89. The first-order valence-corrected chi connectivity index (χ1v) is 5.97. The van der Waals surface area contributed by atoms with Crippen LogP contribution < -0.4 is 0 Å². The molecule has 0 atom stereocenters. The second-order valence-corrected chi connectivity index (χ2v) is 4.77. The van der Waals surface area contributed by atoms with E-state index in [1.165, 1.54) is 0 Å². The number of nitrogens with zero attached hydrogens (tertiary/aromatic N) is 4.